The van der Waals surface area contributed by atoms with Crippen LogP contribution in [-0.2, 0) is 0 Å². The van der Waals surface area contributed by atoms with Crippen molar-refractivity contribution >= 4 is 17.3 Å². The van der Waals surface area contributed by atoms with Gasteiger partial charge in [0, 0.05) is 10.7 Å². The van der Waals surface area contributed by atoms with Gasteiger partial charge in [-0.05, 0) is 55.3 Å². The van der Waals surface area contributed by atoms with Gasteiger partial charge < -0.3 is 10.1 Å². The lowest BCUT2D eigenvalue weighted by atomic mass is 10.0. The van der Waals surface area contributed by atoms with E-state index in [2.05, 4.69) is 24.4 Å². The van der Waals surface area contributed by atoms with E-state index in [1.165, 1.54) is 5.56 Å². The maximum absolute atomic E-state index is 5.93. The molecule has 0 aliphatic carbocycles. The van der Waals surface area contributed by atoms with E-state index in [0.29, 0.717) is 6.61 Å². The second kappa shape index (κ2) is 7.20. The summed E-state index contributed by atoms with van der Waals surface area (Å²) in [6.07, 6.45) is 1.01. The first-order valence-corrected chi connectivity index (χ1v) is 7.35. The average molecular weight is 290 g/mol. The number of ether oxygens (including phenoxy) is 1. The average Bonchev–Trinajstić information content (AvgIpc) is 2.48. The van der Waals surface area contributed by atoms with Crippen LogP contribution in [0.15, 0.2) is 48.5 Å². The van der Waals surface area contributed by atoms with E-state index < -0.39 is 0 Å². The zero-order valence-corrected chi connectivity index (χ0v) is 12.7. The minimum Gasteiger partial charge on any atom is -0.494 e. The molecule has 0 amide bonds. The molecular weight excluding hydrogens is 270 g/mol. The molecule has 2 aromatic rings. The van der Waals surface area contributed by atoms with Gasteiger partial charge in [0.2, 0.25) is 0 Å². The van der Waals surface area contributed by atoms with E-state index in [1.807, 2.05) is 43.3 Å². The largest absolute Gasteiger partial charge is 0.494 e. The third-order valence-corrected chi connectivity index (χ3v) is 3.44. The third kappa shape index (κ3) is 3.91. The summed E-state index contributed by atoms with van der Waals surface area (Å²) in [7, 11) is 0. The molecule has 2 aromatic carbocycles. The van der Waals surface area contributed by atoms with Crippen molar-refractivity contribution < 1.29 is 4.74 Å². The van der Waals surface area contributed by atoms with Crippen LogP contribution in [0.5, 0.6) is 5.75 Å². The van der Waals surface area contributed by atoms with Gasteiger partial charge in [-0.2, -0.15) is 0 Å². The van der Waals surface area contributed by atoms with Gasteiger partial charge >= 0.3 is 0 Å². The van der Waals surface area contributed by atoms with Crippen LogP contribution in [-0.4, -0.2) is 6.61 Å². The van der Waals surface area contributed by atoms with Crippen molar-refractivity contribution in [1.82, 2.24) is 0 Å². The Kier molecular flexibility index (Phi) is 5.31. The number of halogens is 1. The number of benzene rings is 2. The first-order chi connectivity index (χ1) is 9.72. The summed E-state index contributed by atoms with van der Waals surface area (Å²) < 4.78 is 5.45. The van der Waals surface area contributed by atoms with Crippen molar-refractivity contribution in [2.45, 2.75) is 26.3 Å². The summed E-state index contributed by atoms with van der Waals surface area (Å²) in [5, 5.41) is 4.30. The van der Waals surface area contributed by atoms with Crippen molar-refractivity contribution in [2.24, 2.45) is 0 Å². The van der Waals surface area contributed by atoms with Crippen molar-refractivity contribution in [3.8, 4) is 5.75 Å². The van der Waals surface area contributed by atoms with Gasteiger partial charge in [-0.25, -0.2) is 0 Å². The van der Waals surface area contributed by atoms with Crippen molar-refractivity contribution in [3.63, 3.8) is 0 Å². The molecule has 1 atom stereocenters. The normalized spacial score (nSPS) is 11.9. The summed E-state index contributed by atoms with van der Waals surface area (Å²) in [5.41, 5.74) is 2.33. The van der Waals surface area contributed by atoms with Gasteiger partial charge in [-0.15, -0.1) is 0 Å². The first-order valence-electron chi connectivity index (χ1n) is 6.97. The highest BCUT2D eigenvalue weighted by atomic mass is 35.5. The molecule has 0 saturated heterocycles. The summed E-state index contributed by atoms with van der Waals surface area (Å²) in [5.74, 6) is 0.901. The Morgan fingerprint density at radius 2 is 1.65 bits per heavy atom. The van der Waals surface area contributed by atoms with Crippen LogP contribution in [0.4, 0.5) is 5.69 Å². The molecule has 3 heteroatoms. The van der Waals surface area contributed by atoms with Crippen LogP contribution in [0.1, 0.15) is 31.9 Å². The summed E-state index contributed by atoms with van der Waals surface area (Å²) in [6.45, 7) is 4.84. The topological polar surface area (TPSA) is 21.3 Å². The summed E-state index contributed by atoms with van der Waals surface area (Å²) >= 11 is 5.93. The van der Waals surface area contributed by atoms with Crippen LogP contribution in [0.3, 0.4) is 0 Å². The van der Waals surface area contributed by atoms with Gasteiger partial charge in [0.1, 0.15) is 5.75 Å². The van der Waals surface area contributed by atoms with Crippen LogP contribution < -0.4 is 10.1 Å². The maximum atomic E-state index is 5.93. The molecule has 0 heterocycles. The Bertz CT molecular complexity index is 522. The molecule has 0 aliphatic rings. The highest BCUT2D eigenvalue weighted by Crippen LogP contribution is 2.25. The molecule has 1 N–H and O–H groups in total. The van der Waals surface area contributed by atoms with Crippen molar-refractivity contribution in [2.75, 3.05) is 11.9 Å². The smallest absolute Gasteiger partial charge is 0.119 e. The molecule has 2 nitrogen and oxygen atoms in total. The third-order valence-electron chi connectivity index (χ3n) is 3.19. The molecular formula is C17H20ClNO. The van der Waals surface area contributed by atoms with Crippen molar-refractivity contribution in [1.29, 1.82) is 0 Å². The van der Waals surface area contributed by atoms with Crippen LogP contribution in [0.2, 0.25) is 5.02 Å². The predicted molar refractivity (Wildman–Crippen MR) is 85.7 cm³/mol. The fourth-order valence-corrected chi connectivity index (χ4v) is 2.26. The van der Waals surface area contributed by atoms with Gasteiger partial charge in [-0.1, -0.05) is 30.7 Å². The number of hydrogen-bond donors (Lipinski definition) is 1. The second-order valence-electron chi connectivity index (χ2n) is 4.61. The number of hydrogen-bond acceptors (Lipinski definition) is 2. The monoisotopic (exact) mass is 289 g/mol. The van der Waals surface area contributed by atoms with E-state index in [1.54, 1.807) is 0 Å². The lowest BCUT2D eigenvalue weighted by Crippen LogP contribution is -2.09. The fraction of sp³-hybridized carbons (Fsp3) is 0.294. The van der Waals surface area contributed by atoms with E-state index in [-0.39, 0.29) is 6.04 Å². The van der Waals surface area contributed by atoms with Gasteiger partial charge in [0.05, 0.1) is 12.6 Å². The number of nitrogens with one attached hydrogen (secondary N) is 1. The Hall–Kier alpha value is -1.67. The Labute approximate surface area is 125 Å². The lowest BCUT2D eigenvalue weighted by molar-refractivity contribution is 0.340. The van der Waals surface area contributed by atoms with E-state index in [4.69, 9.17) is 16.3 Å². The van der Waals surface area contributed by atoms with E-state index in [0.717, 1.165) is 22.9 Å². The maximum Gasteiger partial charge on any atom is 0.119 e. The van der Waals surface area contributed by atoms with Gasteiger partial charge in [0.15, 0.2) is 0 Å². The Balaban J connectivity index is 2.07. The predicted octanol–water partition coefficient (Wildman–Crippen LogP) is 5.30. The quantitative estimate of drug-likeness (QED) is 0.779. The van der Waals surface area contributed by atoms with E-state index in [9.17, 15) is 0 Å². The standard InChI is InChI=1S/C17H20ClNO/c1-3-17(13-5-7-14(18)8-6-13)19-15-9-11-16(12-10-15)20-4-2/h5-12,17,19H,3-4H2,1-2H3. The fourth-order valence-electron chi connectivity index (χ4n) is 2.13. The SMILES string of the molecule is CCOc1ccc(NC(CC)c2ccc(Cl)cc2)cc1. The number of anilines is 1. The van der Waals surface area contributed by atoms with Crippen molar-refractivity contribution in [3.05, 3.63) is 59.1 Å². The summed E-state index contributed by atoms with van der Waals surface area (Å²) in [6, 6.07) is 16.3. The molecule has 20 heavy (non-hydrogen) atoms. The molecule has 1 unspecified atom stereocenters. The molecule has 0 radical (unpaired) electrons. The van der Waals surface area contributed by atoms with Crippen LogP contribution in [0.25, 0.3) is 0 Å². The molecule has 0 spiro atoms. The molecule has 0 saturated carbocycles. The second-order valence-corrected chi connectivity index (χ2v) is 5.05. The number of rotatable bonds is 6. The van der Waals surface area contributed by atoms with Crippen LogP contribution in [0, 0.1) is 0 Å². The Morgan fingerprint density at radius 3 is 2.20 bits per heavy atom. The molecule has 0 fully saturated rings. The van der Waals surface area contributed by atoms with Gasteiger partial charge in [-0.3, -0.25) is 0 Å². The molecule has 106 valence electrons. The summed E-state index contributed by atoms with van der Waals surface area (Å²) in [4.78, 5) is 0. The highest BCUT2D eigenvalue weighted by Gasteiger charge is 2.09. The molecule has 0 bridgehead atoms. The molecule has 0 aromatic heterocycles. The minimum atomic E-state index is 0.283. The zero-order chi connectivity index (χ0) is 14.4. The molecule has 2 rings (SSSR count). The lowest BCUT2D eigenvalue weighted by Gasteiger charge is -2.19. The van der Waals surface area contributed by atoms with Crippen LogP contribution >= 0.6 is 11.6 Å². The van der Waals surface area contributed by atoms with Gasteiger partial charge in [0.25, 0.3) is 0 Å². The Morgan fingerprint density at radius 1 is 1.00 bits per heavy atom. The minimum absolute atomic E-state index is 0.283. The molecule has 0 aliphatic heterocycles. The first kappa shape index (κ1) is 14.7. The van der Waals surface area contributed by atoms with E-state index >= 15 is 0 Å². The highest BCUT2D eigenvalue weighted by molar-refractivity contribution is 6.30. The zero-order valence-electron chi connectivity index (χ0n) is 11.9.